The average molecular weight is 220 g/mol. The van der Waals surface area contributed by atoms with Gasteiger partial charge in [0, 0.05) is 11.4 Å². The first-order chi connectivity index (χ1) is 7.68. The van der Waals surface area contributed by atoms with Crippen LogP contribution in [0.3, 0.4) is 0 Å². The molecule has 0 fully saturated rings. The van der Waals surface area contributed by atoms with Crippen LogP contribution in [0, 0.1) is 11.6 Å². The first kappa shape index (κ1) is 9.51. The summed E-state index contributed by atoms with van der Waals surface area (Å²) in [6, 6.07) is 2.18. The first-order valence-electron chi connectivity index (χ1n) is 5.23. The standard InChI is InChI=1S/C12H10F2N2/c13-7-4-5-8(14)12-10(7)11(15)6-2-1-3-9(6)16-12/h4-5H,1-3H2,(H2,15,16). The molecule has 0 spiro atoms. The monoisotopic (exact) mass is 220 g/mol. The van der Waals surface area contributed by atoms with Crippen LogP contribution in [-0.4, -0.2) is 4.98 Å². The Bertz CT molecular complexity index is 593. The fourth-order valence-electron chi connectivity index (χ4n) is 2.33. The summed E-state index contributed by atoms with van der Waals surface area (Å²) in [4.78, 5) is 4.18. The van der Waals surface area contributed by atoms with Gasteiger partial charge in [0.15, 0.2) is 0 Å². The van der Waals surface area contributed by atoms with Gasteiger partial charge in [-0.05, 0) is 37.0 Å². The molecule has 2 aromatic rings. The molecule has 0 amide bonds. The zero-order valence-electron chi connectivity index (χ0n) is 8.56. The van der Waals surface area contributed by atoms with E-state index in [-0.39, 0.29) is 10.9 Å². The Labute approximate surface area is 91.1 Å². The summed E-state index contributed by atoms with van der Waals surface area (Å²) in [5.41, 5.74) is 8.00. The van der Waals surface area contributed by atoms with Crippen molar-refractivity contribution in [2.75, 3.05) is 5.73 Å². The minimum Gasteiger partial charge on any atom is -0.398 e. The Balaban J connectivity index is 2.50. The van der Waals surface area contributed by atoms with Crippen LogP contribution in [0.5, 0.6) is 0 Å². The van der Waals surface area contributed by atoms with Gasteiger partial charge in [-0.25, -0.2) is 13.8 Å². The molecule has 2 N–H and O–H groups in total. The molecule has 82 valence electrons. The molecule has 4 heteroatoms. The minimum absolute atomic E-state index is 0.0538. The van der Waals surface area contributed by atoms with Crippen LogP contribution in [0.4, 0.5) is 14.5 Å². The number of rotatable bonds is 0. The van der Waals surface area contributed by atoms with Crippen molar-refractivity contribution in [2.24, 2.45) is 0 Å². The van der Waals surface area contributed by atoms with Crippen molar-refractivity contribution >= 4 is 16.6 Å². The molecule has 0 saturated heterocycles. The minimum atomic E-state index is -0.516. The number of aryl methyl sites for hydroxylation is 1. The number of aromatic nitrogens is 1. The number of anilines is 1. The largest absolute Gasteiger partial charge is 0.398 e. The van der Waals surface area contributed by atoms with Crippen molar-refractivity contribution in [3.05, 3.63) is 35.0 Å². The van der Waals surface area contributed by atoms with Gasteiger partial charge in [-0.2, -0.15) is 0 Å². The third-order valence-electron chi connectivity index (χ3n) is 3.11. The smallest absolute Gasteiger partial charge is 0.149 e. The molecule has 0 aliphatic heterocycles. The van der Waals surface area contributed by atoms with Gasteiger partial charge in [-0.3, -0.25) is 0 Å². The number of halogens is 2. The molecule has 1 aliphatic rings. The highest BCUT2D eigenvalue weighted by Crippen LogP contribution is 2.33. The summed E-state index contributed by atoms with van der Waals surface area (Å²) in [7, 11) is 0. The number of nitrogens with zero attached hydrogens (tertiary/aromatic N) is 1. The highest BCUT2D eigenvalue weighted by atomic mass is 19.1. The van der Waals surface area contributed by atoms with E-state index in [4.69, 9.17) is 5.73 Å². The zero-order valence-corrected chi connectivity index (χ0v) is 8.56. The van der Waals surface area contributed by atoms with E-state index in [9.17, 15) is 8.78 Å². The molecule has 0 unspecified atom stereocenters. The van der Waals surface area contributed by atoms with Gasteiger partial charge in [0.2, 0.25) is 0 Å². The van der Waals surface area contributed by atoms with E-state index in [1.165, 1.54) is 0 Å². The summed E-state index contributed by atoms with van der Waals surface area (Å²) in [5, 5.41) is 0.126. The van der Waals surface area contributed by atoms with E-state index in [2.05, 4.69) is 4.98 Å². The predicted octanol–water partition coefficient (Wildman–Crippen LogP) is 2.58. The van der Waals surface area contributed by atoms with Crippen molar-refractivity contribution in [3.8, 4) is 0 Å². The quantitative estimate of drug-likeness (QED) is 0.741. The van der Waals surface area contributed by atoms with Crippen LogP contribution in [0.2, 0.25) is 0 Å². The summed E-state index contributed by atoms with van der Waals surface area (Å²) in [6.45, 7) is 0. The van der Waals surface area contributed by atoms with Gasteiger partial charge >= 0.3 is 0 Å². The fraction of sp³-hybridized carbons (Fsp3) is 0.250. The molecule has 0 bridgehead atoms. The second-order valence-electron chi connectivity index (χ2n) is 4.06. The van der Waals surface area contributed by atoms with Gasteiger partial charge in [0.05, 0.1) is 5.39 Å². The van der Waals surface area contributed by atoms with E-state index in [1.54, 1.807) is 0 Å². The topological polar surface area (TPSA) is 38.9 Å². The van der Waals surface area contributed by atoms with Crippen LogP contribution >= 0.6 is 0 Å². The lowest BCUT2D eigenvalue weighted by atomic mass is 10.1. The van der Waals surface area contributed by atoms with Crippen LogP contribution in [-0.2, 0) is 12.8 Å². The lowest BCUT2D eigenvalue weighted by molar-refractivity contribution is 0.615. The van der Waals surface area contributed by atoms with Crippen LogP contribution < -0.4 is 5.73 Å². The third kappa shape index (κ3) is 1.13. The number of hydrogen-bond acceptors (Lipinski definition) is 2. The molecule has 3 rings (SSSR count). The van der Waals surface area contributed by atoms with Crippen LogP contribution in [0.15, 0.2) is 12.1 Å². The molecule has 1 heterocycles. The van der Waals surface area contributed by atoms with Crippen molar-refractivity contribution in [3.63, 3.8) is 0 Å². The van der Waals surface area contributed by atoms with Crippen molar-refractivity contribution in [1.82, 2.24) is 4.98 Å². The Morgan fingerprint density at radius 1 is 1.12 bits per heavy atom. The maximum absolute atomic E-state index is 13.6. The second-order valence-corrected chi connectivity index (χ2v) is 4.06. The Morgan fingerprint density at radius 3 is 2.69 bits per heavy atom. The van der Waals surface area contributed by atoms with Gasteiger partial charge in [-0.1, -0.05) is 0 Å². The highest BCUT2D eigenvalue weighted by molar-refractivity contribution is 5.93. The van der Waals surface area contributed by atoms with Crippen molar-refractivity contribution in [2.45, 2.75) is 19.3 Å². The van der Waals surface area contributed by atoms with E-state index in [1.807, 2.05) is 0 Å². The van der Waals surface area contributed by atoms with Gasteiger partial charge < -0.3 is 5.73 Å². The molecule has 1 aromatic heterocycles. The van der Waals surface area contributed by atoms with Crippen LogP contribution in [0.25, 0.3) is 10.9 Å². The number of hydrogen-bond donors (Lipinski definition) is 1. The molecule has 0 saturated carbocycles. The molecule has 2 nitrogen and oxygen atoms in total. The van der Waals surface area contributed by atoms with Gasteiger partial charge in [0.25, 0.3) is 0 Å². The van der Waals surface area contributed by atoms with E-state index >= 15 is 0 Å². The zero-order chi connectivity index (χ0) is 11.3. The molecule has 0 radical (unpaired) electrons. The number of nitrogen functional groups attached to an aromatic ring is 1. The molecule has 1 aliphatic carbocycles. The van der Waals surface area contributed by atoms with Gasteiger partial charge in [-0.15, -0.1) is 0 Å². The number of nitrogens with two attached hydrogens (primary N) is 1. The molecular weight excluding hydrogens is 210 g/mol. The SMILES string of the molecule is Nc1c2c(nc3c(F)ccc(F)c13)CCC2. The maximum Gasteiger partial charge on any atom is 0.149 e. The van der Waals surface area contributed by atoms with E-state index < -0.39 is 11.6 Å². The van der Waals surface area contributed by atoms with Crippen LogP contribution in [0.1, 0.15) is 17.7 Å². The predicted molar refractivity (Wildman–Crippen MR) is 58.1 cm³/mol. The summed E-state index contributed by atoms with van der Waals surface area (Å²) in [5.74, 6) is -1.02. The number of pyridine rings is 1. The van der Waals surface area contributed by atoms with Gasteiger partial charge in [0.1, 0.15) is 17.2 Å². The average Bonchev–Trinajstić information content (AvgIpc) is 2.72. The van der Waals surface area contributed by atoms with E-state index in [0.717, 1.165) is 42.7 Å². The Morgan fingerprint density at radius 2 is 1.88 bits per heavy atom. The molecule has 1 aromatic carbocycles. The maximum atomic E-state index is 13.6. The lowest BCUT2D eigenvalue weighted by Gasteiger charge is -2.09. The normalized spacial score (nSPS) is 14.4. The second kappa shape index (κ2) is 3.14. The summed E-state index contributed by atoms with van der Waals surface area (Å²) >= 11 is 0. The third-order valence-corrected chi connectivity index (χ3v) is 3.11. The summed E-state index contributed by atoms with van der Waals surface area (Å²) < 4.78 is 27.1. The van der Waals surface area contributed by atoms with Crippen molar-refractivity contribution in [1.29, 1.82) is 0 Å². The van der Waals surface area contributed by atoms with Crippen molar-refractivity contribution < 1.29 is 8.78 Å². The number of fused-ring (bicyclic) bond motifs is 2. The lowest BCUT2D eigenvalue weighted by Crippen LogP contribution is -2.01. The highest BCUT2D eigenvalue weighted by Gasteiger charge is 2.21. The molecular formula is C12H10F2N2. The van der Waals surface area contributed by atoms with E-state index in [0.29, 0.717) is 5.69 Å². The Hall–Kier alpha value is -1.71. The summed E-state index contributed by atoms with van der Waals surface area (Å²) in [6.07, 6.45) is 2.55. The fourth-order valence-corrected chi connectivity index (χ4v) is 2.33. The Kier molecular flexibility index (Phi) is 1.87. The molecule has 16 heavy (non-hydrogen) atoms. The first-order valence-corrected chi connectivity index (χ1v) is 5.23. The number of benzene rings is 1. The molecule has 0 atom stereocenters.